The molecule has 0 saturated carbocycles. The highest BCUT2D eigenvalue weighted by atomic mass is 15.1. The molecule has 0 aliphatic heterocycles. The molecule has 0 saturated heterocycles. The van der Waals surface area contributed by atoms with Gasteiger partial charge in [-0.15, -0.1) is 0 Å². The zero-order valence-corrected chi connectivity index (χ0v) is 31.6. The van der Waals surface area contributed by atoms with Crippen LogP contribution in [0.15, 0.2) is 206 Å². The summed E-state index contributed by atoms with van der Waals surface area (Å²) in [4.78, 5) is 2.45. The van der Waals surface area contributed by atoms with Gasteiger partial charge >= 0.3 is 0 Å². The van der Waals surface area contributed by atoms with Crippen molar-refractivity contribution >= 4 is 38.6 Å². The number of para-hydroxylation sites is 2. The first kappa shape index (κ1) is 34.1. The number of fused-ring (bicyclic) bond motifs is 2. The zero-order valence-electron chi connectivity index (χ0n) is 31.6. The molecular formula is C54H43N. The van der Waals surface area contributed by atoms with Crippen molar-refractivity contribution < 1.29 is 0 Å². The molecule has 9 aromatic carbocycles. The molecule has 0 aliphatic rings. The normalized spacial score (nSPS) is 11.5. The fourth-order valence-electron chi connectivity index (χ4n) is 7.96. The summed E-state index contributed by atoms with van der Waals surface area (Å²) in [6.07, 6.45) is 0. The third kappa shape index (κ3) is 6.60. The molecule has 0 unspecified atom stereocenters. The van der Waals surface area contributed by atoms with Crippen molar-refractivity contribution in [2.75, 3.05) is 4.90 Å². The Kier molecular flexibility index (Phi) is 8.84. The molecule has 0 heterocycles. The molecule has 0 N–H and O–H groups in total. The molecule has 0 spiro atoms. The van der Waals surface area contributed by atoms with Crippen LogP contribution in [0.3, 0.4) is 0 Å². The Morgan fingerprint density at radius 1 is 0.327 bits per heavy atom. The monoisotopic (exact) mass is 705 g/mol. The van der Waals surface area contributed by atoms with Gasteiger partial charge in [0.15, 0.2) is 0 Å². The highest BCUT2D eigenvalue weighted by Gasteiger charge is 2.22. The number of rotatable bonds is 7. The van der Waals surface area contributed by atoms with E-state index in [1.54, 1.807) is 0 Å². The van der Waals surface area contributed by atoms with E-state index in [9.17, 15) is 0 Å². The fourth-order valence-corrected chi connectivity index (χ4v) is 7.96. The Hall–Kier alpha value is -6.70. The zero-order chi connectivity index (χ0) is 37.4. The molecule has 0 aromatic heterocycles. The molecule has 1 nitrogen and oxygen atoms in total. The first-order valence-electron chi connectivity index (χ1n) is 19.2. The van der Waals surface area contributed by atoms with Gasteiger partial charge in [0, 0.05) is 16.8 Å². The van der Waals surface area contributed by atoms with E-state index < -0.39 is 0 Å². The Bertz CT molecular complexity index is 2760. The van der Waals surface area contributed by atoms with Gasteiger partial charge in [0.25, 0.3) is 0 Å². The number of benzene rings is 9. The lowest BCUT2D eigenvalue weighted by molar-refractivity contribution is 0.590. The van der Waals surface area contributed by atoms with Gasteiger partial charge in [-0.3, -0.25) is 0 Å². The smallest absolute Gasteiger partial charge is 0.0540 e. The standard InChI is InChI=1S/C54H43N/c1-54(2,3)45-33-29-41(30-34-45)47-21-9-11-25-51(47)55(46-35-31-39(32-36-46)44-28-27-38-15-7-8-18-43(38)37-44)52-26-12-10-22-49(52)50-24-14-20-42-19-13-23-48(53(42)50)40-16-5-4-6-17-40/h4-37H,1-3H3. The topological polar surface area (TPSA) is 3.24 Å². The van der Waals surface area contributed by atoms with E-state index in [1.165, 1.54) is 71.6 Å². The van der Waals surface area contributed by atoms with Crippen LogP contribution in [-0.4, -0.2) is 0 Å². The van der Waals surface area contributed by atoms with E-state index in [4.69, 9.17) is 0 Å². The number of hydrogen-bond acceptors (Lipinski definition) is 1. The second kappa shape index (κ2) is 14.3. The molecule has 0 aliphatic carbocycles. The molecule has 0 radical (unpaired) electrons. The predicted molar refractivity (Wildman–Crippen MR) is 237 cm³/mol. The average molecular weight is 706 g/mol. The highest BCUT2D eigenvalue weighted by molar-refractivity contribution is 6.09. The van der Waals surface area contributed by atoms with Gasteiger partial charge in [-0.1, -0.05) is 197 Å². The second-order valence-electron chi connectivity index (χ2n) is 15.4. The summed E-state index contributed by atoms with van der Waals surface area (Å²) in [6, 6.07) is 75.3. The van der Waals surface area contributed by atoms with Crippen molar-refractivity contribution in [3.05, 3.63) is 212 Å². The van der Waals surface area contributed by atoms with Gasteiger partial charge in [0.2, 0.25) is 0 Å². The maximum Gasteiger partial charge on any atom is 0.0540 e. The first-order chi connectivity index (χ1) is 26.9. The molecule has 0 bridgehead atoms. The summed E-state index contributed by atoms with van der Waals surface area (Å²) in [6.45, 7) is 6.81. The molecule has 0 fully saturated rings. The summed E-state index contributed by atoms with van der Waals surface area (Å²) in [5.74, 6) is 0. The first-order valence-corrected chi connectivity index (χ1v) is 19.2. The van der Waals surface area contributed by atoms with Crippen molar-refractivity contribution in [3.8, 4) is 44.5 Å². The minimum atomic E-state index is 0.0763. The lowest BCUT2D eigenvalue weighted by Crippen LogP contribution is -2.13. The molecule has 9 aromatic rings. The van der Waals surface area contributed by atoms with Crippen molar-refractivity contribution in [3.63, 3.8) is 0 Å². The van der Waals surface area contributed by atoms with E-state index >= 15 is 0 Å². The van der Waals surface area contributed by atoms with Crippen molar-refractivity contribution in [1.82, 2.24) is 0 Å². The van der Waals surface area contributed by atoms with Crippen molar-refractivity contribution in [1.29, 1.82) is 0 Å². The third-order valence-corrected chi connectivity index (χ3v) is 10.8. The highest BCUT2D eigenvalue weighted by Crippen LogP contribution is 2.47. The number of nitrogens with zero attached hydrogens (tertiary/aromatic N) is 1. The lowest BCUT2D eigenvalue weighted by Gasteiger charge is -2.30. The molecule has 9 rings (SSSR count). The maximum absolute atomic E-state index is 2.45. The maximum atomic E-state index is 2.45. The van der Waals surface area contributed by atoms with Gasteiger partial charge in [0.05, 0.1) is 11.4 Å². The lowest BCUT2D eigenvalue weighted by atomic mass is 9.86. The van der Waals surface area contributed by atoms with Crippen LogP contribution in [0, 0.1) is 0 Å². The number of anilines is 3. The van der Waals surface area contributed by atoms with Gasteiger partial charge < -0.3 is 4.90 Å². The minimum Gasteiger partial charge on any atom is -0.309 e. The minimum absolute atomic E-state index is 0.0763. The Balaban J connectivity index is 1.25. The summed E-state index contributed by atoms with van der Waals surface area (Å²) in [5.41, 5.74) is 14.3. The van der Waals surface area contributed by atoms with Crippen molar-refractivity contribution in [2.24, 2.45) is 0 Å². The largest absolute Gasteiger partial charge is 0.309 e. The second-order valence-corrected chi connectivity index (χ2v) is 15.4. The summed E-state index contributed by atoms with van der Waals surface area (Å²) < 4.78 is 0. The van der Waals surface area contributed by atoms with Crippen LogP contribution in [0.1, 0.15) is 26.3 Å². The molecule has 0 atom stereocenters. The molecule has 0 amide bonds. The van der Waals surface area contributed by atoms with E-state index in [0.717, 1.165) is 17.1 Å². The van der Waals surface area contributed by atoms with E-state index in [-0.39, 0.29) is 5.41 Å². The van der Waals surface area contributed by atoms with Crippen LogP contribution >= 0.6 is 0 Å². The Labute approximate surface area is 324 Å². The fraction of sp³-hybridized carbons (Fsp3) is 0.0741. The van der Waals surface area contributed by atoms with Gasteiger partial charge in [-0.2, -0.15) is 0 Å². The van der Waals surface area contributed by atoms with E-state index in [0.29, 0.717) is 0 Å². The number of hydrogen-bond donors (Lipinski definition) is 0. The van der Waals surface area contributed by atoms with Crippen LogP contribution in [0.5, 0.6) is 0 Å². The Morgan fingerprint density at radius 2 is 0.836 bits per heavy atom. The SMILES string of the molecule is CC(C)(C)c1ccc(-c2ccccc2N(c2ccc(-c3ccc4ccccc4c3)cc2)c2ccccc2-c2cccc3cccc(-c4ccccc4)c23)cc1. The quantitative estimate of drug-likeness (QED) is 0.160. The van der Waals surface area contributed by atoms with E-state index in [2.05, 4.69) is 232 Å². The van der Waals surface area contributed by atoms with Gasteiger partial charge in [0.1, 0.15) is 0 Å². The van der Waals surface area contributed by atoms with Crippen LogP contribution in [0.4, 0.5) is 17.1 Å². The molecule has 1 heteroatoms. The van der Waals surface area contributed by atoms with Crippen LogP contribution < -0.4 is 4.90 Å². The van der Waals surface area contributed by atoms with Crippen molar-refractivity contribution in [2.45, 2.75) is 26.2 Å². The Morgan fingerprint density at radius 3 is 1.55 bits per heavy atom. The molecule has 55 heavy (non-hydrogen) atoms. The summed E-state index contributed by atoms with van der Waals surface area (Å²) >= 11 is 0. The van der Waals surface area contributed by atoms with Crippen LogP contribution in [0.2, 0.25) is 0 Å². The van der Waals surface area contributed by atoms with Gasteiger partial charge in [-0.05, 0) is 96.2 Å². The molecular weight excluding hydrogens is 663 g/mol. The van der Waals surface area contributed by atoms with Crippen LogP contribution in [-0.2, 0) is 5.41 Å². The summed E-state index contributed by atoms with van der Waals surface area (Å²) in [5, 5.41) is 4.97. The average Bonchev–Trinajstić information content (AvgIpc) is 3.24. The van der Waals surface area contributed by atoms with Gasteiger partial charge in [-0.25, -0.2) is 0 Å². The third-order valence-electron chi connectivity index (χ3n) is 10.8. The van der Waals surface area contributed by atoms with E-state index in [1.807, 2.05) is 0 Å². The summed E-state index contributed by atoms with van der Waals surface area (Å²) in [7, 11) is 0. The predicted octanol–water partition coefficient (Wildman–Crippen LogP) is 15.4. The van der Waals surface area contributed by atoms with Crippen LogP contribution in [0.25, 0.3) is 66.1 Å². The molecule has 264 valence electrons.